The van der Waals surface area contributed by atoms with Crippen LogP contribution >= 0.6 is 15.9 Å². The minimum Gasteiger partial charge on any atom is -0.396 e. The van der Waals surface area contributed by atoms with Crippen molar-refractivity contribution in [2.75, 3.05) is 31.6 Å². The summed E-state index contributed by atoms with van der Waals surface area (Å²) in [7, 11) is 0. The zero-order valence-electron chi connectivity index (χ0n) is 10.8. The highest BCUT2D eigenvalue weighted by Gasteiger charge is 2.21. The fourth-order valence-electron chi connectivity index (χ4n) is 2.28. The van der Waals surface area contributed by atoms with Crippen molar-refractivity contribution in [3.8, 4) is 0 Å². The van der Waals surface area contributed by atoms with Gasteiger partial charge in [-0.1, -0.05) is 15.9 Å². The molecule has 1 aromatic carbocycles. The Kier molecular flexibility index (Phi) is 5.36. The Hall–Kier alpha value is -0.910. The largest absolute Gasteiger partial charge is 0.396 e. The monoisotopic (exact) mass is 326 g/mol. The van der Waals surface area contributed by atoms with Crippen LogP contribution in [0.4, 0.5) is 5.69 Å². The van der Waals surface area contributed by atoms with Crippen molar-refractivity contribution < 1.29 is 9.90 Å². The van der Waals surface area contributed by atoms with Crippen LogP contribution in [0.2, 0.25) is 0 Å². The second-order valence-electron chi connectivity index (χ2n) is 4.94. The Labute approximate surface area is 121 Å². The van der Waals surface area contributed by atoms with E-state index in [4.69, 9.17) is 5.11 Å². The summed E-state index contributed by atoms with van der Waals surface area (Å²) in [5, 5.41) is 12.0. The fourth-order valence-corrected chi connectivity index (χ4v) is 2.55. The molecule has 1 saturated heterocycles. The third-order valence-corrected chi connectivity index (χ3v) is 3.94. The molecule has 0 aliphatic carbocycles. The normalized spacial score (nSPS) is 19.6. The minimum absolute atomic E-state index is 0.0368. The van der Waals surface area contributed by atoms with Gasteiger partial charge in [-0.2, -0.15) is 0 Å². The van der Waals surface area contributed by atoms with Gasteiger partial charge in [0.25, 0.3) is 0 Å². The molecule has 5 heteroatoms. The highest BCUT2D eigenvalue weighted by molar-refractivity contribution is 9.10. The molecule has 1 aliphatic heterocycles. The maximum atomic E-state index is 11.8. The summed E-state index contributed by atoms with van der Waals surface area (Å²) < 4.78 is 0.998. The van der Waals surface area contributed by atoms with Gasteiger partial charge in [-0.15, -0.1) is 0 Å². The van der Waals surface area contributed by atoms with Gasteiger partial charge in [-0.05, 0) is 43.1 Å². The second-order valence-corrected chi connectivity index (χ2v) is 5.86. The first-order valence-corrected chi connectivity index (χ1v) is 7.35. The number of halogens is 1. The lowest BCUT2D eigenvalue weighted by molar-refractivity contribution is -0.116. The maximum absolute atomic E-state index is 11.8. The number of nitrogens with zero attached hydrogens (tertiary/aromatic N) is 1. The van der Waals surface area contributed by atoms with E-state index in [0.29, 0.717) is 12.3 Å². The van der Waals surface area contributed by atoms with Gasteiger partial charge >= 0.3 is 0 Å². The highest BCUT2D eigenvalue weighted by atomic mass is 79.9. The standard InChI is InChI=1S/C14H19BrN2O2/c15-12-1-3-13(4-2-12)16-14(19)6-8-17-7-5-11(9-17)10-18/h1-4,11,18H,5-10H2,(H,16,19). The zero-order chi connectivity index (χ0) is 13.7. The van der Waals surface area contributed by atoms with E-state index in [1.807, 2.05) is 24.3 Å². The molecule has 2 N–H and O–H groups in total. The number of carbonyl (C=O) groups excluding carboxylic acids is 1. The van der Waals surface area contributed by atoms with Gasteiger partial charge in [-0.3, -0.25) is 4.79 Å². The molecule has 0 saturated carbocycles. The summed E-state index contributed by atoms with van der Waals surface area (Å²) in [4.78, 5) is 14.0. The van der Waals surface area contributed by atoms with Crippen molar-refractivity contribution in [3.63, 3.8) is 0 Å². The van der Waals surface area contributed by atoms with Crippen LogP contribution in [0.1, 0.15) is 12.8 Å². The Balaban J connectivity index is 1.71. The average Bonchev–Trinajstić information content (AvgIpc) is 2.87. The Morgan fingerprint density at radius 1 is 1.42 bits per heavy atom. The van der Waals surface area contributed by atoms with Gasteiger partial charge in [0.15, 0.2) is 0 Å². The molecule has 1 fully saturated rings. The smallest absolute Gasteiger partial charge is 0.225 e. The molecule has 0 radical (unpaired) electrons. The van der Waals surface area contributed by atoms with Crippen LogP contribution in [0.5, 0.6) is 0 Å². The van der Waals surface area contributed by atoms with Crippen LogP contribution in [0.3, 0.4) is 0 Å². The van der Waals surface area contributed by atoms with Gasteiger partial charge in [0.05, 0.1) is 0 Å². The first-order chi connectivity index (χ1) is 9.17. The van der Waals surface area contributed by atoms with E-state index in [1.54, 1.807) is 0 Å². The summed E-state index contributed by atoms with van der Waals surface area (Å²) in [6.07, 6.45) is 1.53. The van der Waals surface area contributed by atoms with E-state index in [2.05, 4.69) is 26.1 Å². The van der Waals surface area contributed by atoms with Gasteiger partial charge in [0.1, 0.15) is 0 Å². The molecule has 1 atom stereocenters. The zero-order valence-corrected chi connectivity index (χ0v) is 12.4. The van der Waals surface area contributed by atoms with Crippen molar-refractivity contribution in [1.29, 1.82) is 0 Å². The molecule has 0 bridgehead atoms. The molecular weight excluding hydrogens is 308 g/mol. The van der Waals surface area contributed by atoms with Crippen molar-refractivity contribution in [1.82, 2.24) is 4.90 Å². The van der Waals surface area contributed by atoms with Gasteiger partial charge in [-0.25, -0.2) is 0 Å². The molecule has 104 valence electrons. The summed E-state index contributed by atoms with van der Waals surface area (Å²) in [5.74, 6) is 0.421. The quantitative estimate of drug-likeness (QED) is 0.871. The summed E-state index contributed by atoms with van der Waals surface area (Å²) in [6, 6.07) is 7.56. The minimum atomic E-state index is 0.0368. The number of benzene rings is 1. The molecule has 4 nitrogen and oxygen atoms in total. The van der Waals surface area contributed by atoms with E-state index >= 15 is 0 Å². The molecule has 1 amide bonds. The summed E-state index contributed by atoms with van der Waals surface area (Å²) in [5.41, 5.74) is 0.822. The number of nitrogens with one attached hydrogen (secondary N) is 1. The maximum Gasteiger partial charge on any atom is 0.225 e. The predicted octanol–water partition coefficient (Wildman–Crippen LogP) is 2.09. The first kappa shape index (κ1) is 14.5. The predicted molar refractivity (Wildman–Crippen MR) is 79.0 cm³/mol. The first-order valence-electron chi connectivity index (χ1n) is 6.56. The van der Waals surface area contributed by atoms with E-state index in [-0.39, 0.29) is 12.5 Å². The Bertz CT molecular complexity index is 422. The number of rotatable bonds is 5. The van der Waals surface area contributed by atoms with Crippen molar-refractivity contribution in [3.05, 3.63) is 28.7 Å². The van der Waals surface area contributed by atoms with Crippen molar-refractivity contribution in [2.24, 2.45) is 5.92 Å². The summed E-state index contributed by atoms with van der Waals surface area (Å²) in [6.45, 7) is 2.90. The van der Waals surface area contributed by atoms with Crippen LogP contribution in [-0.4, -0.2) is 42.2 Å². The number of carbonyl (C=O) groups is 1. The molecule has 2 rings (SSSR count). The molecule has 1 aromatic rings. The molecular formula is C14H19BrN2O2. The molecule has 0 spiro atoms. The van der Waals surface area contributed by atoms with Crippen molar-refractivity contribution >= 4 is 27.5 Å². The fraction of sp³-hybridized carbons (Fsp3) is 0.500. The summed E-state index contributed by atoms with van der Waals surface area (Å²) >= 11 is 3.36. The number of hydrogen-bond acceptors (Lipinski definition) is 3. The molecule has 19 heavy (non-hydrogen) atoms. The Morgan fingerprint density at radius 3 is 2.79 bits per heavy atom. The van der Waals surface area contributed by atoms with E-state index in [1.165, 1.54) is 0 Å². The number of aliphatic hydroxyl groups excluding tert-OH is 1. The van der Waals surface area contributed by atoms with Crippen LogP contribution < -0.4 is 5.32 Å². The number of hydrogen-bond donors (Lipinski definition) is 2. The second kappa shape index (κ2) is 7.03. The third kappa shape index (κ3) is 4.60. The van der Waals surface area contributed by atoms with E-state index in [0.717, 1.165) is 36.2 Å². The molecule has 0 aromatic heterocycles. The van der Waals surface area contributed by atoms with Crippen molar-refractivity contribution in [2.45, 2.75) is 12.8 Å². The van der Waals surface area contributed by atoms with Gasteiger partial charge < -0.3 is 15.3 Å². The van der Waals surface area contributed by atoms with Crippen LogP contribution in [-0.2, 0) is 4.79 Å². The van der Waals surface area contributed by atoms with Crippen LogP contribution in [0.15, 0.2) is 28.7 Å². The number of aliphatic hydroxyl groups is 1. The lowest BCUT2D eigenvalue weighted by Crippen LogP contribution is -2.26. The average molecular weight is 327 g/mol. The van der Waals surface area contributed by atoms with E-state index < -0.39 is 0 Å². The van der Waals surface area contributed by atoms with E-state index in [9.17, 15) is 4.79 Å². The Morgan fingerprint density at radius 2 is 2.16 bits per heavy atom. The van der Waals surface area contributed by atoms with Crippen LogP contribution in [0, 0.1) is 5.92 Å². The SMILES string of the molecule is O=C(CCN1CCC(CO)C1)Nc1ccc(Br)cc1. The van der Waals surface area contributed by atoms with Gasteiger partial charge in [0, 0.05) is 36.3 Å². The number of amides is 1. The molecule has 1 unspecified atom stereocenters. The highest BCUT2D eigenvalue weighted by Crippen LogP contribution is 2.16. The van der Waals surface area contributed by atoms with Crippen LogP contribution in [0.25, 0.3) is 0 Å². The lowest BCUT2D eigenvalue weighted by Gasteiger charge is -2.15. The topological polar surface area (TPSA) is 52.6 Å². The third-order valence-electron chi connectivity index (χ3n) is 3.41. The molecule has 1 aliphatic rings. The molecule has 1 heterocycles. The van der Waals surface area contributed by atoms with Gasteiger partial charge in [0.2, 0.25) is 5.91 Å². The number of likely N-dealkylation sites (tertiary alicyclic amines) is 1. The lowest BCUT2D eigenvalue weighted by atomic mass is 10.1. The number of anilines is 1.